The lowest BCUT2D eigenvalue weighted by atomic mass is 9.73. The third-order valence-corrected chi connectivity index (χ3v) is 9.23. The zero-order valence-electron chi connectivity index (χ0n) is 22.2. The van der Waals surface area contributed by atoms with Gasteiger partial charge in [-0.1, -0.05) is 106 Å². The highest BCUT2D eigenvalue weighted by atomic mass is 32.2. The molecule has 1 aromatic heterocycles. The van der Waals surface area contributed by atoms with Crippen LogP contribution in [0.3, 0.4) is 0 Å². The molecule has 2 aromatic rings. The predicted molar refractivity (Wildman–Crippen MR) is 151 cm³/mol. The average Bonchev–Trinajstić information content (AvgIpc) is 2.99. The molecule has 0 radical (unpaired) electrons. The van der Waals surface area contributed by atoms with E-state index in [1.165, 1.54) is 12.2 Å². The lowest BCUT2D eigenvalue weighted by molar-refractivity contribution is 0.0460. The summed E-state index contributed by atoms with van der Waals surface area (Å²) in [5, 5.41) is 11.6. The van der Waals surface area contributed by atoms with Crippen LogP contribution in [0.5, 0.6) is 5.75 Å². The molecular weight excluding hydrogens is 514 g/mol. The fourth-order valence-electron chi connectivity index (χ4n) is 5.32. The molecule has 206 valence electrons. The van der Waals surface area contributed by atoms with E-state index in [0.29, 0.717) is 12.8 Å². The summed E-state index contributed by atoms with van der Waals surface area (Å²) in [7, 11) is -4.43. The van der Waals surface area contributed by atoms with Gasteiger partial charge in [0, 0.05) is 5.56 Å². The molecule has 0 unspecified atom stereocenters. The van der Waals surface area contributed by atoms with Gasteiger partial charge in [-0.2, -0.15) is 0 Å². The van der Waals surface area contributed by atoms with Crippen molar-refractivity contribution >= 4 is 15.8 Å². The number of aromatic hydroxyl groups is 1. The second-order valence-corrected chi connectivity index (χ2v) is 12.2. The summed E-state index contributed by atoms with van der Waals surface area (Å²) in [6, 6.07) is 9.12. The van der Waals surface area contributed by atoms with Gasteiger partial charge in [0.1, 0.15) is 18.1 Å². The molecule has 2 N–H and O–H groups in total. The molecular formula is C31H35NO6S. The maximum atomic E-state index is 13.7. The number of esters is 1. The first-order chi connectivity index (χ1) is 18.7. The first-order valence-electron chi connectivity index (χ1n) is 13.4. The Bertz CT molecular complexity index is 1470. The van der Waals surface area contributed by atoms with E-state index in [-0.39, 0.29) is 22.8 Å². The number of allylic oxidation sites excluding steroid dienone is 7. The van der Waals surface area contributed by atoms with E-state index < -0.39 is 37.4 Å². The summed E-state index contributed by atoms with van der Waals surface area (Å²) < 4.78 is 33.0. The monoisotopic (exact) mass is 549 g/mol. The van der Waals surface area contributed by atoms with Crippen LogP contribution >= 0.6 is 0 Å². The Balaban J connectivity index is 1.86. The van der Waals surface area contributed by atoms with Crippen LogP contribution in [-0.2, 0) is 26.6 Å². The van der Waals surface area contributed by atoms with Gasteiger partial charge < -0.3 is 14.8 Å². The smallest absolute Gasteiger partial charge is 0.355 e. The number of nitrogens with one attached hydrogen (secondary N) is 1. The van der Waals surface area contributed by atoms with Crippen LogP contribution in [0.2, 0.25) is 0 Å². The zero-order valence-corrected chi connectivity index (χ0v) is 23.0. The van der Waals surface area contributed by atoms with Crippen LogP contribution in [0, 0.1) is 0 Å². The molecule has 39 heavy (non-hydrogen) atoms. The van der Waals surface area contributed by atoms with Gasteiger partial charge in [-0.15, -0.1) is 0 Å². The number of pyridine rings is 1. The molecule has 2 aliphatic carbocycles. The lowest BCUT2D eigenvalue weighted by Gasteiger charge is -2.32. The van der Waals surface area contributed by atoms with Gasteiger partial charge >= 0.3 is 5.97 Å². The largest absolute Gasteiger partial charge is 0.506 e. The molecule has 1 saturated carbocycles. The number of sulfone groups is 1. The minimum absolute atomic E-state index is 0.0315. The average molecular weight is 550 g/mol. The number of carbonyl (C=O) groups excluding carboxylic acids is 1. The summed E-state index contributed by atoms with van der Waals surface area (Å²) in [4.78, 5) is 28.3. The highest BCUT2D eigenvalue weighted by Gasteiger charge is 2.39. The number of rotatable bonds is 6. The van der Waals surface area contributed by atoms with Crippen molar-refractivity contribution in [1.82, 2.24) is 4.98 Å². The van der Waals surface area contributed by atoms with Gasteiger partial charge in [-0.3, -0.25) is 4.79 Å². The molecule has 7 nitrogen and oxygen atoms in total. The maximum absolute atomic E-state index is 13.7. The van der Waals surface area contributed by atoms with E-state index in [1.807, 2.05) is 37.3 Å². The number of carbonyl (C=O) groups is 1. The fraction of sp³-hybridized carbons (Fsp3) is 0.355. The van der Waals surface area contributed by atoms with Crippen LogP contribution in [-0.4, -0.2) is 24.5 Å². The van der Waals surface area contributed by atoms with E-state index >= 15 is 0 Å². The number of ether oxygens (including phenoxy) is 1. The summed E-state index contributed by atoms with van der Waals surface area (Å²) in [5.41, 5.74) is -1.12. The number of aromatic amines is 1. The Kier molecular flexibility index (Phi) is 9.07. The third-order valence-electron chi connectivity index (χ3n) is 7.42. The topological polar surface area (TPSA) is 114 Å². The van der Waals surface area contributed by atoms with Gasteiger partial charge in [-0.05, 0) is 36.0 Å². The molecule has 4 rings (SSSR count). The first kappa shape index (κ1) is 28.4. The summed E-state index contributed by atoms with van der Waals surface area (Å²) in [5.74, 6) is -1.49. The Morgan fingerprint density at radius 3 is 2.26 bits per heavy atom. The number of hydrogen-bond acceptors (Lipinski definition) is 6. The molecule has 0 spiro atoms. The minimum atomic E-state index is -4.43. The summed E-state index contributed by atoms with van der Waals surface area (Å²) in [6.45, 7) is 1.90. The number of aromatic nitrogens is 1. The van der Waals surface area contributed by atoms with Crippen LogP contribution in [0.25, 0.3) is 0 Å². The lowest BCUT2D eigenvalue weighted by Crippen LogP contribution is -2.31. The molecule has 0 amide bonds. The van der Waals surface area contributed by atoms with Crippen molar-refractivity contribution in [3.63, 3.8) is 0 Å². The van der Waals surface area contributed by atoms with E-state index in [1.54, 1.807) is 30.4 Å². The number of hydrogen-bond donors (Lipinski definition) is 2. The third kappa shape index (κ3) is 6.50. The molecule has 1 fully saturated rings. The number of H-pyrrole nitrogens is 1. The summed E-state index contributed by atoms with van der Waals surface area (Å²) in [6.07, 6.45) is 18.1. The Labute approximate surface area is 229 Å². The summed E-state index contributed by atoms with van der Waals surface area (Å²) >= 11 is 0. The van der Waals surface area contributed by atoms with E-state index in [4.69, 9.17) is 4.74 Å². The maximum Gasteiger partial charge on any atom is 0.355 e. The van der Waals surface area contributed by atoms with Gasteiger partial charge in [0.05, 0.1) is 4.91 Å². The fourth-order valence-corrected chi connectivity index (χ4v) is 6.72. The highest BCUT2D eigenvalue weighted by molar-refractivity contribution is 7.95. The molecule has 0 saturated heterocycles. The quantitative estimate of drug-likeness (QED) is 0.417. The van der Waals surface area contributed by atoms with Crippen molar-refractivity contribution in [2.24, 2.45) is 0 Å². The molecule has 0 aliphatic heterocycles. The van der Waals surface area contributed by atoms with Crippen LogP contribution in [0.1, 0.15) is 79.9 Å². The van der Waals surface area contributed by atoms with Crippen LogP contribution < -0.4 is 5.56 Å². The van der Waals surface area contributed by atoms with Gasteiger partial charge in [0.15, 0.2) is 4.90 Å². The van der Waals surface area contributed by atoms with Crippen molar-refractivity contribution < 1.29 is 23.1 Å². The SMILES string of the molecule is CC1(c2c(C(=O)OCc3ccccc3)[nH]c(=O)c(S(=O)(=O)C3=C/C=C\C=C/C=C3)c2O)CCCCCCCC1. The van der Waals surface area contributed by atoms with E-state index in [0.717, 1.165) is 44.1 Å². The van der Waals surface area contributed by atoms with Crippen LogP contribution in [0.4, 0.5) is 0 Å². The van der Waals surface area contributed by atoms with Gasteiger partial charge in [0.25, 0.3) is 5.56 Å². The van der Waals surface area contributed by atoms with Gasteiger partial charge in [-0.25, -0.2) is 13.2 Å². The van der Waals surface area contributed by atoms with Crippen molar-refractivity contribution in [3.8, 4) is 5.75 Å². The molecule has 8 heteroatoms. The number of benzene rings is 1. The van der Waals surface area contributed by atoms with Crippen molar-refractivity contribution in [1.29, 1.82) is 0 Å². The Morgan fingerprint density at radius 1 is 0.949 bits per heavy atom. The molecule has 0 bridgehead atoms. The molecule has 0 atom stereocenters. The van der Waals surface area contributed by atoms with Gasteiger partial charge in [0.2, 0.25) is 9.84 Å². The van der Waals surface area contributed by atoms with Crippen molar-refractivity contribution in [2.45, 2.75) is 75.2 Å². The minimum Gasteiger partial charge on any atom is -0.506 e. The first-order valence-corrected chi connectivity index (χ1v) is 14.9. The van der Waals surface area contributed by atoms with E-state index in [2.05, 4.69) is 4.98 Å². The predicted octanol–water partition coefficient (Wildman–Crippen LogP) is 6.17. The van der Waals surface area contributed by atoms with E-state index in [9.17, 15) is 23.1 Å². The highest BCUT2D eigenvalue weighted by Crippen LogP contribution is 2.44. The normalized spacial score (nSPS) is 19.4. The van der Waals surface area contributed by atoms with Crippen molar-refractivity contribution in [2.75, 3.05) is 0 Å². The molecule has 2 aliphatic rings. The standard InChI is InChI=1S/C31H35NO6S/c1-31(20-14-7-2-3-8-15-21-31)25-26(30(35)38-22-23-16-10-9-11-17-23)32-29(34)28(27(25)33)39(36,37)24-18-12-5-4-6-13-19-24/h4-6,9-13,16-19H,2-3,7-8,14-15,20-22H2,1H3,(H2,32,33,34)/b5-4-,6-4?,12-5?,13-6-,18-12?,19-13?,24-18?,24-19?. The Hall–Kier alpha value is -3.65. The zero-order chi connectivity index (χ0) is 27.9. The Morgan fingerprint density at radius 2 is 1.56 bits per heavy atom. The molecule has 1 aromatic carbocycles. The second-order valence-electron chi connectivity index (χ2n) is 10.3. The molecule has 1 heterocycles. The van der Waals surface area contributed by atoms with Crippen LogP contribution in [0.15, 0.2) is 87.5 Å². The second kappa shape index (κ2) is 12.5. The van der Waals surface area contributed by atoms with Crippen molar-refractivity contribution in [3.05, 3.63) is 105 Å².